The lowest BCUT2D eigenvalue weighted by atomic mass is 10.1. The zero-order valence-electron chi connectivity index (χ0n) is 13.4. The first-order valence-electron chi connectivity index (χ1n) is 7.27. The molecular formula is C18H19BrN2O2. The summed E-state index contributed by atoms with van der Waals surface area (Å²) in [5.41, 5.74) is 4.57. The Balaban J connectivity index is 1.95. The van der Waals surface area contributed by atoms with Gasteiger partial charge in [-0.3, -0.25) is 9.59 Å². The minimum atomic E-state index is -0.351. The largest absolute Gasteiger partial charge is 0.326 e. The molecule has 2 amide bonds. The number of hydrogen-bond acceptors (Lipinski definition) is 2. The molecule has 2 N–H and O–H groups in total. The molecule has 0 radical (unpaired) electrons. The van der Waals surface area contributed by atoms with E-state index in [1.165, 1.54) is 0 Å². The van der Waals surface area contributed by atoms with Crippen LogP contribution >= 0.6 is 15.9 Å². The predicted molar refractivity (Wildman–Crippen MR) is 96.7 cm³/mol. The number of nitrogens with one attached hydrogen (secondary N) is 2. The summed E-state index contributed by atoms with van der Waals surface area (Å²) >= 11 is 3.40. The molecule has 2 aromatic carbocycles. The molecule has 0 aliphatic rings. The van der Waals surface area contributed by atoms with E-state index in [4.69, 9.17) is 0 Å². The van der Waals surface area contributed by atoms with Crippen LogP contribution in [0.3, 0.4) is 0 Å². The van der Waals surface area contributed by atoms with Gasteiger partial charge in [0.2, 0.25) is 11.8 Å². The molecule has 23 heavy (non-hydrogen) atoms. The normalized spacial score (nSPS) is 10.3. The molecule has 0 spiro atoms. The van der Waals surface area contributed by atoms with Crippen LogP contribution in [0, 0.1) is 20.8 Å². The van der Waals surface area contributed by atoms with Crippen LogP contribution in [-0.4, -0.2) is 11.8 Å². The molecule has 0 aromatic heterocycles. The number of amides is 2. The highest BCUT2D eigenvalue weighted by molar-refractivity contribution is 9.10. The van der Waals surface area contributed by atoms with E-state index >= 15 is 0 Å². The lowest BCUT2D eigenvalue weighted by Crippen LogP contribution is -2.21. The second-order valence-electron chi connectivity index (χ2n) is 5.63. The smallest absolute Gasteiger partial charge is 0.233 e. The first-order valence-corrected chi connectivity index (χ1v) is 8.07. The predicted octanol–water partition coefficient (Wildman–Crippen LogP) is 4.34. The van der Waals surface area contributed by atoms with Crippen molar-refractivity contribution in [3.63, 3.8) is 0 Å². The standard InChI is InChI=1S/C18H19BrN2O2/c1-11-4-5-16(15(19)9-11)21-18(23)10-17(22)20-14-7-12(2)6-13(3)8-14/h4-9H,10H2,1-3H3,(H,20,22)(H,21,23). The van der Waals surface area contributed by atoms with Crippen molar-refractivity contribution in [2.75, 3.05) is 10.6 Å². The van der Waals surface area contributed by atoms with Gasteiger partial charge in [0.15, 0.2) is 0 Å². The quantitative estimate of drug-likeness (QED) is 0.781. The fraction of sp³-hybridized carbons (Fsp3) is 0.222. The SMILES string of the molecule is Cc1cc(C)cc(NC(=O)CC(=O)Nc2ccc(C)cc2Br)c1. The fourth-order valence-corrected chi connectivity index (χ4v) is 2.91. The van der Waals surface area contributed by atoms with E-state index < -0.39 is 0 Å². The summed E-state index contributed by atoms with van der Waals surface area (Å²) in [6, 6.07) is 11.4. The molecule has 2 rings (SSSR count). The van der Waals surface area contributed by atoms with Crippen LogP contribution in [0.25, 0.3) is 0 Å². The van der Waals surface area contributed by atoms with Gasteiger partial charge in [-0.15, -0.1) is 0 Å². The summed E-state index contributed by atoms with van der Waals surface area (Å²) in [5.74, 6) is -0.688. The van der Waals surface area contributed by atoms with Crippen LogP contribution in [0.1, 0.15) is 23.1 Å². The van der Waals surface area contributed by atoms with Crippen molar-refractivity contribution in [3.8, 4) is 0 Å². The minimum Gasteiger partial charge on any atom is -0.326 e. The third kappa shape index (κ3) is 5.21. The first kappa shape index (κ1) is 17.2. The molecular weight excluding hydrogens is 356 g/mol. The van der Waals surface area contributed by atoms with E-state index in [-0.39, 0.29) is 18.2 Å². The third-order valence-corrected chi connectivity index (χ3v) is 3.88. The Morgan fingerprint density at radius 1 is 0.870 bits per heavy atom. The lowest BCUT2D eigenvalue weighted by molar-refractivity contribution is -0.123. The van der Waals surface area contributed by atoms with Gasteiger partial charge in [-0.2, -0.15) is 0 Å². The van der Waals surface area contributed by atoms with Gasteiger partial charge in [0.1, 0.15) is 6.42 Å². The van der Waals surface area contributed by atoms with Crippen molar-refractivity contribution in [1.29, 1.82) is 0 Å². The van der Waals surface area contributed by atoms with Gasteiger partial charge in [-0.25, -0.2) is 0 Å². The molecule has 0 atom stereocenters. The minimum absolute atomic E-state index is 0.229. The van der Waals surface area contributed by atoms with Crippen LogP contribution < -0.4 is 10.6 Å². The number of hydrogen-bond donors (Lipinski definition) is 2. The topological polar surface area (TPSA) is 58.2 Å². The van der Waals surface area contributed by atoms with Crippen LogP contribution in [-0.2, 0) is 9.59 Å². The van der Waals surface area contributed by atoms with Crippen molar-refractivity contribution in [2.24, 2.45) is 0 Å². The van der Waals surface area contributed by atoms with Crippen molar-refractivity contribution in [3.05, 3.63) is 57.6 Å². The second kappa shape index (κ2) is 7.42. The van der Waals surface area contributed by atoms with Gasteiger partial charge in [0.05, 0.1) is 5.69 Å². The number of anilines is 2. The molecule has 4 nitrogen and oxygen atoms in total. The molecule has 0 aliphatic carbocycles. The Morgan fingerprint density at radius 2 is 1.48 bits per heavy atom. The number of carbonyl (C=O) groups excluding carboxylic acids is 2. The average molecular weight is 375 g/mol. The van der Waals surface area contributed by atoms with E-state index in [0.717, 1.165) is 21.2 Å². The molecule has 5 heteroatoms. The summed E-state index contributed by atoms with van der Waals surface area (Å²) in [5, 5.41) is 5.48. The van der Waals surface area contributed by atoms with Gasteiger partial charge in [0, 0.05) is 10.2 Å². The van der Waals surface area contributed by atoms with Crippen LogP contribution in [0.4, 0.5) is 11.4 Å². The summed E-state index contributed by atoms with van der Waals surface area (Å²) in [4.78, 5) is 24.0. The summed E-state index contributed by atoms with van der Waals surface area (Å²) in [6.45, 7) is 5.89. The van der Waals surface area contributed by atoms with E-state index in [1.54, 1.807) is 6.07 Å². The van der Waals surface area contributed by atoms with Crippen molar-refractivity contribution >= 4 is 39.1 Å². The van der Waals surface area contributed by atoms with Gasteiger partial charge in [-0.1, -0.05) is 12.1 Å². The molecule has 0 saturated carbocycles. The molecule has 0 saturated heterocycles. The molecule has 0 heterocycles. The summed E-state index contributed by atoms with van der Waals surface area (Å²) < 4.78 is 0.792. The molecule has 0 bridgehead atoms. The Kier molecular flexibility index (Phi) is 5.55. The second-order valence-corrected chi connectivity index (χ2v) is 6.49. The van der Waals surface area contributed by atoms with Crippen molar-refractivity contribution < 1.29 is 9.59 Å². The van der Waals surface area contributed by atoms with Crippen molar-refractivity contribution in [1.82, 2.24) is 0 Å². The Bertz CT molecular complexity index is 736. The van der Waals surface area contributed by atoms with E-state index in [9.17, 15) is 9.59 Å². The number of halogens is 1. The maximum Gasteiger partial charge on any atom is 0.233 e. The van der Waals surface area contributed by atoms with Crippen LogP contribution in [0.5, 0.6) is 0 Å². The maximum atomic E-state index is 12.0. The van der Waals surface area contributed by atoms with E-state index in [1.807, 2.05) is 51.1 Å². The molecule has 0 fully saturated rings. The van der Waals surface area contributed by atoms with Crippen LogP contribution in [0.2, 0.25) is 0 Å². The van der Waals surface area contributed by atoms with Gasteiger partial charge >= 0.3 is 0 Å². The third-order valence-electron chi connectivity index (χ3n) is 3.23. The highest BCUT2D eigenvalue weighted by Crippen LogP contribution is 2.23. The van der Waals surface area contributed by atoms with E-state index in [2.05, 4.69) is 26.6 Å². The Morgan fingerprint density at radius 3 is 2.09 bits per heavy atom. The molecule has 0 aliphatic heterocycles. The molecule has 2 aromatic rings. The van der Waals surface area contributed by atoms with Gasteiger partial charge in [-0.05, 0) is 77.7 Å². The highest BCUT2D eigenvalue weighted by Gasteiger charge is 2.12. The highest BCUT2D eigenvalue weighted by atomic mass is 79.9. The monoisotopic (exact) mass is 374 g/mol. The van der Waals surface area contributed by atoms with Crippen molar-refractivity contribution in [2.45, 2.75) is 27.2 Å². The number of aryl methyl sites for hydroxylation is 3. The van der Waals surface area contributed by atoms with E-state index in [0.29, 0.717) is 11.4 Å². The Labute approximate surface area is 144 Å². The first-order chi connectivity index (χ1) is 10.8. The number of benzene rings is 2. The fourth-order valence-electron chi connectivity index (χ4n) is 2.31. The van der Waals surface area contributed by atoms with Gasteiger partial charge < -0.3 is 10.6 Å². The number of rotatable bonds is 4. The maximum absolute atomic E-state index is 12.0. The zero-order chi connectivity index (χ0) is 17.0. The zero-order valence-corrected chi connectivity index (χ0v) is 15.0. The lowest BCUT2D eigenvalue weighted by Gasteiger charge is -2.09. The summed E-state index contributed by atoms with van der Waals surface area (Å²) in [7, 11) is 0. The average Bonchev–Trinajstić information content (AvgIpc) is 2.40. The Hall–Kier alpha value is -2.14. The summed E-state index contributed by atoms with van der Waals surface area (Å²) in [6.07, 6.45) is -0.229. The molecule has 0 unspecified atom stereocenters. The van der Waals surface area contributed by atoms with Crippen LogP contribution in [0.15, 0.2) is 40.9 Å². The van der Waals surface area contributed by atoms with Gasteiger partial charge in [0.25, 0.3) is 0 Å². The number of carbonyl (C=O) groups is 2. The molecule has 120 valence electrons.